The van der Waals surface area contributed by atoms with Crippen LogP contribution in [-0.4, -0.2) is 21.4 Å². The summed E-state index contributed by atoms with van der Waals surface area (Å²) in [6.07, 6.45) is 0.781. The Morgan fingerprint density at radius 2 is 1.96 bits per heavy atom. The van der Waals surface area contributed by atoms with E-state index in [4.69, 9.17) is 0 Å². The van der Waals surface area contributed by atoms with Crippen LogP contribution in [0.25, 0.3) is 11.3 Å². The highest BCUT2D eigenvalue weighted by Crippen LogP contribution is 2.29. The minimum absolute atomic E-state index is 0.00174. The molecular weight excluding hydrogens is 324 g/mol. The van der Waals surface area contributed by atoms with E-state index in [9.17, 15) is 10.1 Å². The third kappa shape index (κ3) is 3.75. The van der Waals surface area contributed by atoms with Crippen LogP contribution >= 0.6 is 11.3 Å². The normalized spacial score (nSPS) is 10.5. The summed E-state index contributed by atoms with van der Waals surface area (Å²) in [6, 6.07) is 12.3. The summed E-state index contributed by atoms with van der Waals surface area (Å²) in [5, 5.41) is 17.5. The molecule has 0 fully saturated rings. The highest BCUT2D eigenvalue weighted by molar-refractivity contribution is 7.09. The number of aromatic nitrogens is 2. The maximum absolute atomic E-state index is 11.2. The van der Waals surface area contributed by atoms with Gasteiger partial charge >= 0.3 is 0 Å². The van der Waals surface area contributed by atoms with Crippen LogP contribution in [0.2, 0.25) is 0 Å². The number of benzene rings is 1. The zero-order chi connectivity index (χ0) is 16.9. The maximum Gasteiger partial charge on any atom is 0.295 e. The molecule has 7 heteroatoms. The molecule has 3 rings (SSSR count). The van der Waals surface area contributed by atoms with Crippen molar-refractivity contribution in [2.24, 2.45) is 0 Å². The van der Waals surface area contributed by atoms with Gasteiger partial charge in [0.25, 0.3) is 5.69 Å². The van der Waals surface area contributed by atoms with E-state index >= 15 is 0 Å². The fraction of sp³-hybridized carbons (Fsp3) is 0.176. The largest absolute Gasteiger partial charge is 0.370 e. The Kier molecular flexibility index (Phi) is 4.81. The molecule has 2 aromatic heterocycles. The van der Waals surface area contributed by atoms with Crippen molar-refractivity contribution in [1.82, 2.24) is 9.97 Å². The van der Waals surface area contributed by atoms with E-state index in [0.29, 0.717) is 18.1 Å². The first-order valence-corrected chi connectivity index (χ1v) is 8.37. The van der Waals surface area contributed by atoms with Gasteiger partial charge in [0.05, 0.1) is 15.6 Å². The highest BCUT2D eigenvalue weighted by atomic mass is 32.1. The van der Waals surface area contributed by atoms with E-state index in [2.05, 4.69) is 15.3 Å². The lowest BCUT2D eigenvalue weighted by molar-refractivity contribution is -0.384. The number of nitrogens with zero attached hydrogens (tertiary/aromatic N) is 3. The van der Waals surface area contributed by atoms with E-state index in [1.165, 1.54) is 6.07 Å². The molecule has 0 saturated heterocycles. The summed E-state index contributed by atoms with van der Waals surface area (Å²) < 4.78 is 0. The number of hydrogen-bond acceptors (Lipinski definition) is 6. The molecule has 3 aromatic rings. The van der Waals surface area contributed by atoms with Crippen LogP contribution in [0.5, 0.6) is 0 Å². The smallest absolute Gasteiger partial charge is 0.295 e. The van der Waals surface area contributed by atoms with Crippen molar-refractivity contribution in [3.8, 4) is 11.3 Å². The molecule has 0 aliphatic carbocycles. The summed E-state index contributed by atoms with van der Waals surface area (Å²) in [5.41, 5.74) is 2.13. The van der Waals surface area contributed by atoms with Crippen LogP contribution in [0.4, 0.5) is 11.5 Å². The quantitative estimate of drug-likeness (QED) is 0.540. The SMILES string of the molecule is Cc1nc(CCNc2ccc([N+](=O)[O-])c(-c3ccccc3)n2)cs1. The average Bonchev–Trinajstić information content (AvgIpc) is 3.01. The van der Waals surface area contributed by atoms with Gasteiger partial charge in [0, 0.05) is 30.0 Å². The third-order valence-electron chi connectivity index (χ3n) is 3.47. The fourth-order valence-electron chi connectivity index (χ4n) is 2.35. The predicted molar refractivity (Wildman–Crippen MR) is 95.4 cm³/mol. The molecule has 0 bridgehead atoms. The third-order valence-corrected chi connectivity index (χ3v) is 4.29. The van der Waals surface area contributed by atoms with E-state index < -0.39 is 4.92 Å². The number of hydrogen-bond donors (Lipinski definition) is 1. The zero-order valence-corrected chi connectivity index (χ0v) is 13.9. The molecule has 0 amide bonds. The topological polar surface area (TPSA) is 81.0 Å². The summed E-state index contributed by atoms with van der Waals surface area (Å²) in [5.74, 6) is 0.617. The van der Waals surface area contributed by atoms with E-state index in [1.54, 1.807) is 17.4 Å². The molecule has 122 valence electrons. The van der Waals surface area contributed by atoms with Gasteiger partial charge in [0.2, 0.25) is 0 Å². The van der Waals surface area contributed by atoms with Crippen LogP contribution < -0.4 is 5.32 Å². The minimum Gasteiger partial charge on any atom is -0.370 e. The number of thiazole rings is 1. The zero-order valence-electron chi connectivity index (χ0n) is 13.1. The first-order chi connectivity index (χ1) is 11.6. The van der Waals surface area contributed by atoms with E-state index in [1.807, 2.05) is 42.6 Å². The fourth-order valence-corrected chi connectivity index (χ4v) is 2.99. The van der Waals surface area contributed by atoms with Gasteiger partial charge in [-0.3, -0.25) is 10.1 Å². The molecule has 1 aromatic carbocycles. The van der Waals surface area contributed by atoms with Gasteiger partial charge in [-0.15, -0.1) is 11.3 Å². The van der Waals surface area contributed by atoms with Gasteiger partial charge in [0.1, 0.15) is 5.82 Å². The molecular formula is C17H16N4O2S. The van der Waals surface area contributed by atoms with Crippen molar-refractivity contribution >= 4 is 22.8 Å². The van der Waals surface area contributed by atoms with Gasteiger partial charge in [-0.1, -0.05) is 30.3 Å². The average molecular weight is 340 g/mol. The van der Waals surface area contributed by atoms with Crippen LogP contribution in [-0.2, 0) is 6.42 Å². The Balaban J connectivity index is 1.78. The number of pyridine rings is 1. The first-order valence-electron chi connectivity index (χ1n) is 7.49. The van der Waals surface area contributed by atoms with Crippen LogP contribution in [0.15, 0.2) is 47.8 Å². The lowest BCUT2D eigenvalue weighted by Crippen LogP contribution is -2.07. The molecule has 0 aliphatic rings. The van der Waals surface area contributed by atoms with E-state index in [-0.39, 0.29) is 5.69 Å². The van der Waals surface area contributed by atoms with Crippen molar-refractivity contribution in [3.05, 3.63) is 68.7 Å². The maximum atomic E-state index is 11.2. The Hall–Kier alpha value is -2.80. The number of nitro groups is 1. The summed E-state index contributed by atoms with van der Waals surface area (Å²) in [6.45, 7) is 2.65. The lowest BCUT2D eigenvalue weighted by atomic mass is 10.1. The van der Waals surface area contributed by atoms with Crippen molar-refractivity contribution < 1.29 is 4.92 Å². The molecule has 1 N–H and O–H groups in total. The predicted octanol–water partition coefficient (Wildman–Crippen LogP) is 4.08. The Bertz CT molecular complexity index is 849. The van der Waals surface area contributed by atoms with Crippen LogP contribution in [0.3, 0.4) is 0 Å². The lowest BCUT2D eigenvalue weighted by Gasteiger charge is -2.08. The van der Waals surface area contributed by atoms with Crippen molar-refractivity contribution in [2.75, 3.05) is 11.9 Å². The molecule has 0 unspecified atom stereocenters. The van der Waals surface area contributed by atoms with Crippen molar-refractivity contribution in [3.63, 3.8) is 0 Å². The van der Waals surface area contributed by atoms with Gasteiger partial charge in [0.15, 0.2) is 5.69 Å². The Morgan fingerprint density at radius 1 is 1.17 bits per heavy atom. The molecule has 6 nitrogen and oxygen atoms in total. The van der Waals surface area contributed by atoms with Crippen LogP contribution in [0, 0.1) is 17.0 Å². The molecule has 0 atom stereocenters. The van der Waals surface area contributed by atoms with E-state index in [0.717, 1.165) is 22.7 Å². The number of rotatable bonds is 6. The monoisotopic (exact) mass is 340 g/mol. The number of nitrogens with one attached hydrogen (secondary N) is 1. The summed E-state index contributed by atoms with van der Waals surface area (Å²) in [7, 11) is 0. The second kappa shape index (κ2) is 7.18. The number of anilines is 1. The second-order valence-electron chi connectivity index (χ2n) is 5.22. The molecule has 0 saturated carbocycles. The Morgan fingerprint density at radius 3 is 2.62 bits per heavy atom. The standard InChI is InChI=1S/C17H16N4O2S/c1-12-19-14(11-24-12)9-10-18-16-8-7-15(21(22)23)17(20-16)13-5-3-2-4-6-13/h2-8,11H,9-10H2,1H3,(H,18,20). The number of aryl methyl sites for hydroxylation is 1. The van der Waals surface area contributed by atoms with Gasteiger partial charge in [-0.2, -0.15) is 0 Å². The summed E-state index contributed by atoms with van der Waals surface area (Å²) in [4.78, 5) is 19.7. The van der Waals surface area contributed by atoms with Crippen molar-refractivity contribution in [2.45, 2.75) is 13.3 Å². The van der Waals surface area contributed by atoms with Crippen molar-refractivity contribution in [1.29, 1.82) is 0 Å². The molecule has 24 heavy (non-hydrogen) atoms. The van der Waals surface area contributed by atoms with Gasteiger partial charge < -0.3 is 5.32 Å². The molecule has 0 aliphatic heterocycles. The van der Waals surface area contributed by atoms with Gasteiger partial charge in [-0.25, -0.2) is 9.97 Å². The first kappa shape index (κ1) is 16.1. The van der Waals surface area contributed by atoms with Crippen LogP contribution in [0.1, 0.15) is 10.7 Å². The highest BCUT2D eigenvalue weighted by Gasteiger charge is 2.17. The van der Waals surface area contributed by atoms with Gasteiger partial charge in [-0.05, 0) is 13.0 Å². The second-order valence-corrected chi connectivity index (χ2v) is 6.28. The Labute approximate surface area is 143 Å². The molecule has 0 radical (unpaired) electrons. The minimum atomic E-state index is -0.406. The molecule has 0 spiro atoms. The summed E-state index contributed by atoms with van der Waals surface area (Å²) >= 11 is 1.63. The molecule has 2 heterocycles.